The zero-order chi connectivity index (χ0) is 14.5. The molecule has 0 saturated heterocycles. The first-order valence-electron chi connectivity index (χ1n) is 5.74. The molecule has 0 bridgehead atoms. The molecule has 0 radical (unpaired) electrons. The van der Waals surface area contributed by atoms with Crippen molar-refractivity contribution in [2.45, 2.75) is 32.3 Å². The second-order valence-corrected chi connectivity index (χ2v) is 4.84. The molecular weight excluding hydrogens is 327 g/mol. The molecule has 1 atom stereocenters. The second kappa shape index (κ2) is 7.12. The highest BCUT2D eigenvalue weighted by molar-refractivity contribution is 9.10. The number of nitrogens with one attached hydrogen (secondary N) is 1. The van der Waals surface area contributed by atoms with Crippen LogP contribution < -0.4 is 10.1 Å². The van der Waals surface area contributed by atoms with Gasteiger partial charge in [-0.15, -0.1) is 13.2 Å². The molecule has 0 aliphatic rings. The highest BCUT2D eigenvalue weighted by Crippen LogP contribution is 2.31. The van der Waals surface area contributed by atoms with Gasteiger partial charge >= 0.3 is 6.36 Å². The third-order valence-corrected chi connectivity index (χ3v) is 3.15. The van der Waals surface area contributed by atoms with Crippen LogP contribution in [-0.4, -0.2) is 24.1 Å². The van der Waals surface area contributed by atoms with Crippen molar-refractivity contribution in [2.24, 2.45) is 0 Å². The molecule has 0 amide bonds. The van der Waals surface area contributed by atoms with Crippen molar-refractivity contribution >= 4 is 15.9 Å². The largest absolute Gasteiger partial charge is 0.573 e. The van der Waals surface area contributed by atoms with E-state index in [4.69, 9.17) is 5.11 Å². The predicted molar refractivity (Wildman–Crippen MR) is 68.8 cm³/mol. The Bertz CT molecular complexity index is 408. The highest BCUT2D eigenvalue weighted by atomic mass is 79.9. The fourth-order valence-electron chi connectivity index (χ4n) is 1.46. The summed E-state index contributed by atoms with van der Waals surface area (Å²) in [4.78, 5) is 0. The van der Waals surface area contributed by atoms with Gasteiger partial charge in [0.2, 0.25) is 0 Å². The number of hydrogen-bond acceptors (Lipinski definition) is 3. The fourth-order valence-corrected chi connectivity index (χ4v) is 1.97. The normalized spacial score (nSPS) is 13.4. The maximum Gasteiger partial charge on any atom is 0.573 e. The molecule has 2 N–H and O–H groups in total. The number of hydrogen-bond donors (Lipinski definition) is 2. The van der Waals surface area contributed by atoms with Crippen molar-refractivity contribution in [1.29, 1.82) is 0 Å². The number of aliphatic hydroxyl groups is 1. The summed E-state index contributed by atoms with van der Waals surface area (Å²) in [7, 11) is 0. The summed E-state index contributed by atoms with van der Waals surface area (Å²) in [6.45, 7) is 2.42. The molecule has 1 aromatic rings. The van der Waals surface area contributed by atoms with E-state index in [0.29, 0.717) is 6.54 Å². The van der Waals surface area contributed by atoms with E-state index >= 15 is 0 Å². The van der Waals surface area contributed by atoms with E-state index in [0.717, 1.165) is 12.0 Å². The van der Waals surface area contributed by atoms with E-state index in [9.17, 15) is 13.2 Å². The molecule has 0 spiro atoms. The lowest BCUT2D eigenvalue weighted by Gasteiger charge is -2.15. The number of ether oxygens (including phenoxy) is 1. The molecule has 3 nitrogen and oxygen atoms in total. The zero-order valence-corrected chi connectivity index (χ0v) is 11.9. The van der Waals surface area contributed by atoms with Gasteiger partial charge in [-0.1, -0.05) is 13.0 Å². The Morgan fingerprint density at radius 1 is 1.42 bits per heavy atom. The number of halogens is 4. The lowest BCUT2D eigenvalue weighted by atomic mass is 10.2. The Labute approximate surface area is 117 Å². The molecule has 7 heteroatoms. The molecule has 0 aromatic heterocycles. The van der Waals surface area contributed by atoms with Gasteiger partial charge in [-0.3, -0.25) is 0 Å². The lowest BCUT2D eigenvalue weighted by molar-refractivity contribution is -0.274. The van der Waals surface area contributed by atoms with Crippen molar-refractivity contribution < 1.29 is 23.0 Å². The minimum atomic E-state index is -4.70. The summed E-state index contributed by atoms with van der Waals surface area (Å²) in [5.41, 5.74) is 0.799. The summed E-state index contributed by atoms with van der Waals surface area (Å²) >= 11 is 3.04. The SMILES string of the molecule is CCC(CO)NCc1ccc(OC(F)(F)F)c(Br)c1. The number of aliphatic hydroxyl groups excluding tert-OH is 1. The lowest BCUT2D eigenvalue weighted by Crippen LogP contribution is -2.31. The van der Waals surface area contributed by atoms with Gasteiger partial charge in [0.05, 0.1) is 11.1 Å². The van der Waals surface area contributed by atoms with Gasteiger partial charge in [-0.25, -0.2) is 0 Å². The van der Waals surface area contributed by atoms with Crippen LogP contribution in [0.15, 0.2) is 22.7 Å². The highest BCUT2D eigenvalue weighted by Gasteiger charge is 2.31. The van der Waals surface area contributed by atoms with Gasteiger partial charge in [0.25, 0.3) is 0 Å². The van der Waals surface area contributed by atoms with Crippen molar-refractivity contribution in [2.75, 3.05) is 6.61 Å². The summed E-state index contributed by atoms with van der Waals surface area (Å²) in [6.07, 6.45) is -3.93. The van der Waals surface area contributed by atoms with Gasteiger partial charge in [-0.2, -0.15) is 0 Å². The molecule has 1 aromatic carbocycles. The smallest absolute Gasteiger partial charge is 0.405 e. The van der Waals surface area contributed by atoms with E-state index in [-0.39, 0.29) is 22.9 Å². The van der Waals surface area contributed by atoms with Gasteiger partial charge in [-0.05, 0) is 40.0 Å². The molecule has 1 rings (SSSR count). The van der Waals surface area contributed by atoms with Gasteiger partial charge < -0.3 is 15.2 Å². The summed E-state index contributed by atoms with van der Waals surface area (Å²) in [5.74, 6) is -0.273. The standard InChI is InChI=1S/C12H15BrF3NO2/c1-2-9(7-18)17-6-8-3-4-11(10(13)5-8)19-12(14,15)16/h3-5,9,17-18H,2,6-7H2,1H3. The average molecular weight is 342 g/mol. The first-order chi connectivity index (χ1) is 8.85. The topological polar surface area (TPSA) is 41.5 Å². The Hall–Kier alpha value is -0.790. The van der Waals surface area contributed by atoms with Crippen LogP contribution >= 0.6 is 15.9 Å². The third-order valence-electron chi connectivity index (χ3n) is 2.53. The van der Waals surface area contributed by atoms with Crippen LogP contribution in [0.2, 0.25) is 0 Å². The molecular formula is C12H15BrF3NO2. The number of alkyl halides is 3. The summed E-state index contributed by atoms with van der Waals surface area (Å²) < 4.78 is 40.3. The quantitative estimate of drug-likeness (QED) is 0.834. The van der Waals surface area contributed by atoms with Crippen LogP contribution in [0, 0.1) is 0 Å². The maximum atomic E-state index is 12.1. The predicted octanol–water partition coefficient (Wildman–Crippen LogP) is 3.21. The van der Waals surface area contributed by atoms with Crippen molar-refractivity contribution in [1.82, 2.24) is 5.32 Å². The monoisotopic (exact) mass is 341 g/mol. The maximum absolute atomic E-state index is 12.1. The van der Waals surface area contributed by atoms with Gasteiger partial charge in [0.1, 0.15) is 5.75 Å². The van der Waals surface area contributed by atoms with Gasteiger partial charge in [0, 0.05) is 12.6 Å². The molecule has 0 fully saturated rings. The zero-order valence-electron chi connectivity index (χ0n) is 10.3. The Kier molecular flexibility index (Phi) is 6.09. The van der Waals surface area contributed by atoms with E-state index in [1.807, 2.05) is 6.92 Å². The first-order valence-corrected chi connectivity index (χ1v) is 6.53. The van der Waals surface area contributed by atoms with E-state index in [2.05, 4.69) is 26.0 Å². The summed E-state index contributed by atoms with van der Waals surface area (Å²) in [6, 6.07) is 4.33. The number of rotatable bonds is 6. The van der Waals surface area contributed by atoms with Crippen LogP contribution in [-0.2, 0) is 6.54 Å². The third kappa shape index (κ3) is 5.80. The molecule has 19 heavy (non-hydrogen) atoms. The minimum absolute atomic E-state index is 0.0208. The van der Waals surface area contributed by atoms with Crippen LogP contribution in [0.4, 0.5) is 13.2 Å². The Balaban J connectivity index is 2.66. The van der Waals surface area contributed by atoms with Crippen LogP contribution in [0.3, 0.4) is 0 Å². The van der Waals surface area contributed by atoms with E-state index in [1.54, 1.807) is 12.1 Å². The van der Waals surface area contributed by atoms with E-state index < -0.39 is 6.36 Å². The van der Waals surface area contributed by atoms with E-state index in [1.165, 1.54) is 6.07 Å². The van der Waals surface area contributed by atoms with Crippen molar-refractivity contribution in [3.63, 3.8) is 0 Å². The first kappa shape index (κ1) is 16.3. The second-order valence-electron chi connectivity index (χ2n) is 3.98. The Morgan fingerprint density at radius 3 is 2.58 bits per heavy atom. The molecule has 0 aliphatic heterocycles. The average Bonchev–Trinajstić information content (AvgIpc) is 2.32. The van der Waals surface area contributed by atoms with Crippen LogP contribution in [0.5, 0.6) is 5.75 Å². The Morgan fingerprint density at radius 2 is 2.11 bits per heavy atom. The molecule has 0 aliphatic carbocycles. The molecule has 1 unspecified atom stereocenters. The molecule has 0 heterocycles. The minimum Gasteiger partial charge on any atom is -0.405 e. The fraction of sp³-hybridized carbons (Fsp3) is 0.500. The van der Waals surface area contributed by atoms with Crippen LogP contribution in [0.25, 0.3) is 0 Å². The molecule has 108 valence electrons. The molecule has 0 saturated carbocycles. The summed E-state index contributed by atoms with van der Waals surface area (Å²) in [5, 5.41) is 12.1. The van der Waals surface area contributed by atoms with Gasteiger partial charge in [0.15, 0.2) is 0 Å². The van der Waals surface area contributed by atoms with Crippen LogP contribution in [0.1, 0.15) is 18.9 Å². The number of benzene rings is 1. The van der Waals surface area contributed by atoms with Crippen molar-refractivity contribution in [3.8, 4) is 5.75 Å². The van der Waals surface area contributed by atoms with Crippen molar-refractivity contribution in [3.05, 3.63) is 28.2 Å².